The molecule has 0 saturated carbocycles. The standard InChI is InChI=1S/C9H12N2OS/c1-9(2,3)7(12)13-8-10-5-4-6-11-8/h4-6H,1-3H3. The Morgan fingerprint density at radius 2 is 1.85 bits per heavy atom. The molecule has 1 rings (SSSR count). The lowest BCUT2D eigenvalue weighted by Gasteiger charge is -2.14. The van der Waals surface area contributed by atoms with E-state index in [9.17, 15) is 4.79 Å². The van der Waals surface area contributed by atoms with E-state index in [0.717, 1.165) is 11.8 Å². The third-order valence-electron chi connectivity index (χ3n) is 1.34. The van der Waals surface area contributed by atoms with Crippen molar-refractivity contribution in [3.8, 4) is 0 Å². The fraction of sp³-hybridized carbons (Fsp3) is 0.444. The Kier molecular flexibility index (Phi) is 3.03. The number of carbonyl (C=O) groups is 1. The highest BCUT2D eigenvalue weighted by atomic mass is 32.2. The second-order valence-corrected chi connectivity index (χ2v) is 4.61. The lowest BCUT2D eigenvalue weighted by atomic mass is 10.00. The normalized spacial score (nSPS) is 11.3. The van der Waals surface area contributed by atoms with Gasteiger partial charge in [-0.3, -0.25) is 4.79 Å². The van der Waals surface area contributed by atoms with Gasteiger partial charge in [-0.2, -0.15) is 0 Å². The number of aromatic nitrogens is 2. The van der Waals surface area contributed by atoms with Gasteiger partial charge in [-0.05, 0) is 17.8 Å². The van der Waals surface area contributed by atoms with Gasteiger partial charge in [-0.1, -0.05) is 20.8 Å². The van der Waals surface area contributed by atoms with Gasteiger partial charge in [0.25, 0.3) is 0 Å². The molecule has 1 aromatic rings. The van der Waals surface area contributed by atoms with E-state index in [0.29, 0.717) is 5.16 Å². The molecular formula is C9H12N2OS. The fourth-order valence-electron chi connectivity index (χ4n) is 0.574. The molecule has 0 radical (unpaired) electrons. The zero-order valence-corrected chi connectivity index (χ0v) is 8.76. The quantitative estimate of drug-likeness (QED) is 0.510. The van der Waals surface area contributed by atoms with Gasteiger partial charge in [0, 0.05) is 17.8 Å². The maximum absolute atomic E-state index is 11.5. The molecule has 0 amide bonds. The van der Waals surface area contributed by atoms with Crippen LogP contribution < -0.4 is 0 Å². The van der Waals surface area contributed by atoms with Crippen LogP contribution in [0.5, 0.6) is 0 Å². The summed E-state index contributed by atoms with van der Waals surface area (Å²) in [5.74, 6) is 0. The van der Waals surface area contributed by atoms with Gasteiger partial charge in [0.05, 0.1) is 0 Å². The molecule has 0 fully saturated rings. The molecule has 0 N–H and O–H groups in total. The molecule has 0 aliphatic heterocycles. The van der Waals surface area contributed by atoms with Crippen LogP contribution in [0.25, 0.3) is 0 Å². The van der Waals surface area contributed by atoms with E-state index >= 15 is 0 Å². The second-order valence-electron chi connectivity index (χ2n) is 3.67. The van der Waals surface area contributed by atoms with E-state index in [2.05, 4.69) is 9.97 Å². The number of hydrogen-bond donors (Lipinski definition) is 0. The Balaban J connectivity index is 2.66. The Hall–Kier alpha value is -0.900. The van der Waals surface area contributed by atoms with Gasteiger partial charge in [-0.15, -0.1) is 0 Å². The first kappa shape index (κ1) is 10.2. The average molecular weight is 196 g/mol. The molecule has 0 aromatic carbocycles. The minimum absolute atomic E-state index is 0.0821. The lowest BCUT2D eigenvalue weighted by molar-refractivity contribution is -0.117. The Morgan fingerprint density at radius 3 is 2.31 bits per heavy atom. The number of carbonyl (C=O) groups excluding carboxylic acids is 1. The van der Waals surface area contributed by atoms with Gasteiger partial charge in [0.2, 0.25) is 5.12 Å². The minimum Gasteiger partial charge on any atom is -0.286 e. The van der Waals surface area contributed by atoms with Crippen molar-refractivity contribution >= 4 is 16.9 Å². The molecule has 0 bridgehead atoms. The van der Waals surface area contributed by atoms with Gasteiger partial charge in [0.1, 0.15) is 0 Å². The van der Waals surface area contributed by atoms with Crippen LogP contribution >= 0.6 is 11.8 Å². The summed E-state index contributed by atoms with van der Waals surface area (Å²) in [5, 5.41) is 0.598. The number of nitrogens with zero attached hydrogens (tertiary/aromatic N) is 2. The Morgan fingerprint density at radius 1 is 1.31 bits per heavy atom. The van der Waals surface area contributed by atoms with Crippen LogP contribution in [0.3, 0.4) is 0 Å². The summed E-state index contributed by atoms with van der Waals surface area (Å²) in [6, 6.07) is 1.73. The van der Waals surface area contributed by atoms with Gasteiger partial charge in [0.15, 0.2) is 5.16 Å². The van der Waals surface area contributed by atoms with Gasteiger partial charge >= 0.3 is 0 Å². The smallest absolute Gasteiger partial charge is 0.201 e. The number of thioether (sulfide) groups is 1. The summed E-state index contributed by atoms with van der Waals surface area (Å²) in [5.41, 5.74) is -0.343. The highest BCUT2D eigenvalue weighted by Crippen LogP contribution is 2.26. The predicted molar refractivity (Wildman–Crippen MR) is 52.4 cm³/mol. The van der Waals surface area contributed by atoms with E-state index in [1.165, 1.54) is 0 Å². The predicted octanol–water partition coefficient (Wildman–Crippen LogP) is 2.14. The van der Waals surface area contributed by atoms with Crippen LogP contribution in [0.4, 0.5) is 0 Å². The Bertz CT molecular complexity index is 292. The summed E-state index contributed by atoms with van der Waals surface area (Å²) < 4.78 is 0. The van der Waals surface area contributed by atoms with Crippen LogP contribution in [-0.4, -0.2) is 15.1 Å². The minimum atomic E-state index is -0.343. The van der Waals surface area contributed by atoms with Crippen molar-refractivity contribution < 1.29 is 4.79 Å². The lowest BCUT2D eigenvalue weighted by Crippen LogP contribution is -2.16. The molecule has 0 aliphatic rings. The molecule has 1 aromatic heterocycles. The SMILES string of the molecule is CC(C)(C)C(=O)Sc1ncccn1. The Labute approximate surface area is 82.0 Å². The summed E-state index contributed by atoms with van der Waals surface area (Å²) in [6.45, 7) is 5.64. The molecule has 13 heavy (non-hydrogen) atoms. The summed E-state index contributed by atoms with van der Waals surface area (Å²) in [6.07, 6.45) is 3.26. The van der Waals surface area contributed by atoms with Crippen LogP contribution in [0.1, 0.15) is 20.8 Å². The van der Waals surface area contributed by atoms with Gasteiger partial charge in [-0.25, -0.2) is 9.97 Å². The van der Waals surface area contributed by atoms with Gasteiger partial charge < -0.3 is 0 Å². The van der Waals surface area contributed by atoms with E-state index in [1.54, 1.807) is 18.5 Å². The molecule has 0 spiro atoms. The van der Waals surface area contributed by atoms with Crippen molar-refractivity contribution in [2.45, 2.75) is 25.9 Å². The first-order valence-electron chi connectivity index (χ1n) is 3.99. The fourth-order valence-corrected chi connectivity index (χ4v) is 1.27. The maximum Gasteiger partial charge on any atom is 0.201 e. The van der Waals surface area contributed by atoms with Crippen LogP contribution in [0, 0.1) is 5.41 Å². The summed E-state index contributed by atoms with van der Waals surface area (Å²) in [7, 11) is 0. The highest BCUT2D eigenvalue weighted by molar-refractivity contribution is 8.13. The monoisotopic (exact) mass is 196 g/mol. The van der Waals surface area contributed by atoms with E-state index < -0.39 is 0 Å². The highest BCUT2D eigenvalue weighted by Gasteiger charge is 2.22. The molecule has 0 atom stereocenters. The topological polar surface area (TPSA) is 42.9 Å². The van der Waals surface area contributed by atoms with Crippen molar-refractivity contribution in [1.82, 2.24) is 9.97 Å². The van der Waals surface area contributed by atoms with Crippen molar-refractivity contribution in [3.63, 3.8) is 0 Å². The van der Waals surface area contributed by atoms with Crippen LogP contribution in [0.2, 0.25) is 0 Å². The van der Waals surface area contributed by atoms with Crippen LogP contribution in [-0.2, 0) is 4.79 Å². The van der Waals surface area contributed by atoms with E-state index in [1.807, 2.05) is 20.8 Å². The number of rotatable bonds is 1. The molecule has 0 saturated heterocycles. The molecule has 0 aliphatic carbocycles. The van der Waals surface area contributed by atoms with E-state index in [-0.39, 0.29) is 10.5 Å². The maximum atomic E-state index is 11.5. The van der Waals surface area contributed by atoms with Crippen molar-refractivity contribution in [1.29, 1.82) is 0 Å². The zero-order chi connectivity index (χ0) is 9.90. The number of hydrogen-bond acceptors (Lipinski definition) is 4. The van der Waals surface area contributed by atoms with E-state index in [4.69, 9.17) is 0 Å². The third kappa shape index (κ3) is 3.14. The van der Waals surface area contributed by atoms with Crippen molar-refractivity contribution in [2.75, 3.05) is 0 Å². The van der Waals surface area contributed by atoms with Crippen molar-refractivity contribution in [3.05, 3.63) is 18.5 Å². The first-order chi connectivity index (χ1) is 6.00. The van der Waals surface area contributed by atoms with Crippen molar-refractivity contribution in [2.24, 2.45) is 5.41 Å². The molecule has 1 heterocycles. The second kappa shape index (κ2) is 3.87. The molecule has 70 valence electrons. The average Bonchev–Trinajstić information content (AvgIpc) is 2.04. The largest absolute Gasteiger partial charge is 0.286 e. The molecule has 4 heteroatoms. The first-order valence-corrected chi connectivity index (χ1v) is 4.81. The van der Waals surface area contributed by atoms with Crippen LogP contribution in [0.15, 0.2) is 23.6 Å². The summed E-state index contributed by atoms with van der Waals surface area (Å²) in [4.78, 5) is 19.4. The molecule has 0 unspecified atom stereocenters. The molecule has 3 nitrogen and oxygen atoms in total. The molecular weight excluding hydrogens is 184 g/mol. The summed E-state index contributed by atoms with van der Waals surface area (Å²) >= 11 is 1.09. The zero-order valence-electron chi connectivity index (χ0n) is 7.94. The third-order valence-corrected chi connectivity index (χ3v) is 2.53.